The van der Waals surface area contributed by atoms with E-state index < -0.39 is 10.0 Å². The van der Waals surface area contributed by atoms with Crippen LogP contribution < -0.4 is 14.9 Å². The van der Waals surface area contributed by atoms with Crippen molar-refractivity contribution in [2.24, 2.45) is 0 Å². The average molecular weight is 341 g/mol. The monoisotopic (exact) mass is 341 g/mol. The Labute approximate surface area is 138 Å². The second-order valence-electron chi connectivity index (χ2n) is 5.85. The Morgan fingerprint density at radius 1 is 1.22 bits per heavy atom. The van der Waals surface area contributed by atoms with E-state index in [4.69, 9.17) is 0 Å². The predicted octanol–water partition coefficient (Wildman–Crippen LogP) is 1.52. The maximum atomic E-state index is 11.7. The summed E-state index contributed by atoms with van der Waals surface area (Å²) in [6, 6.07) is 1.93. The van der Waals surface area contributed by atoms with Crippen LogP contribution in [0.15, 0.2) is 6.07 Å². The molecule has 0 spiro atoms. The lowest BCUT2D eigenvalue weighted by Gasteiger charge is -2.17. The molecule has 0 bridgehead atoms. The van der Waals surface area contributed by atoms with Crippen LogP contribution in [0, 0.1) is 6.92 Å². The molecule has 0 amide bonds. The Morgan fingerprint density at radius 3 is 2.65 bits per heavy atom. The fourth-order valence-corrected chi connectivity index (χ4v) is 3.78. The van der Waals surface area contributed by atoms with Crippen LogP contribution in [-0.4, -0.2) is 50.3 Å². The molecular formula is C15H27N5O2S. The van der Waals surface area contributed by atoms with Gasteiger partial charge >= 0.3 is 0 Å². The summed E-state index contributed by atoms with van der Waals surface area (Å²) in [5.41, 5.74) is 0. The molecule has 0 aliphatic carbocycles. The molecule has 2 rings (SSSR count). The highest BCUT2D eigenvalue weighted by Crippen LogP contribution is 2.20. The molecule has 1 aliphatic heterocycles. The maximum absolute atomic E-state index is 11.7. The van der Waals surface area contributed by atoms with Crippen molar-refractivity contribution in [3.05, 3.63) is 11.9 Å². The van der Waals surface area contributed by atoms with Crippen molar-refractivity contribution in [2.75, 3.05) is 42.1 Å². The van der Waals surface area contributed by atoms with E-state index in [1.807, 2.05) is 19.9 Å². The highest BCUT2D eigenvalue weighted by molar-refractivity contribution is 7.89. The summed E-state index contributed by atoms with van der Waals surface area (Å²) >= 11 is 0. The van der Waals surface area contributed by atoms with Gasteiger partial charge in [0, 0.05) is 32.2 Å². The molecule has 1 aromatic heterocycles. The van der Waals surface area contributed by atoms with E-state index in [-0.39, 0.29) is 5.75 Å². The fourth-order valence-electron chi connectivity index (χ4n) is 2.55. The van der Waals surface area contributed by atoms with Crippen LogP contribution in [0.25, 0.3) is 0 Å². The van der Waals surface area contributed by atoms with Gasteiger partial charge < -0.3 is 10.2 Å². The van der Waals surface area contributed by atoms with Crippen molar-refractivity contribution in [3.63, 3.8) is 0 Å². The molecule has 23 heavy (non-hydrogen) atoms. The summed E-state index contributed by atoms with van der Waals surface area (Å²) in [7, 11) is -3.16. The van der Waals surface area contributed by atoms with Crippen LogP contribution in [0.2, 0.25) is 0 Å². The minimum atomic E-state index is -3.16. The van der Waals surface area contributed by atoms with E-state index in [0.29, 0.717) is 19.5 Å². The van der Waals surface area contributed by atoms with E-state index in [1.54, 1.807) is 0 Å². The molecule has 130 valence electrons. The molecular weight excluding hydrogens is 314 g/mol. The molecule has 0 saturated carbocycles. The second-order valence-corrected chi connectivity index (χ2v) is 7.77. The zero-order valence-corrected chi connectivity index (χ0v) is 14.8. The summed E-state index contributed by atoms with van der Waals surface area (Å²) in [5, 5.41) is 3.17. The lowest BCUT2D eigenvalue weighted by molar-refractivity contribution is 0.579. The van der Waals surface area contributed by atoms with Gasteiger partial charge in [0.15, 0.2) is 0 Å². The van der Waals surface area contributed by atoms with Crippen LogP contribution in [0.5, 0.6) is 0 Å². The van der Waals surface area contributed by atoms with Crippen molar-refractivity contribution >= 4 is 21.7 Å². The van der Waals surface area contributed by atoms with Gasteiger partial charge in [-0.05, 0) is 26.2 Å². The topological polar surface area (TPSA) is 87.2 Å². The average Bonchev–Trinajstić information content (AvgIpc) is 3.04. The van der Waals surface area contributed by atoms with E-state index in [9.17, 15) is 8.42 Å². The van der Waals surface area contributed by atoms with Gasteiger partial charge in [-0.15, -0.1) is 0 Å². The van der Waals surface area contributed by atoms with Crippen LogP contribution in [0.1, 0.15) is 38.4 Å². The number of sulfonamides is 1. The molecule has 1 aliphatic rings. The summed E-state index contributed by atoms with van der Waals surface area (Å²) in [6.45, 7) is 6.78. The highest BCUT2D eigenvalue weighted by atomic mass is 32.2. The number of hydrogen-bond donors (Lipinski definition) is 2. The van der Waals surface area contributed by atoms with E-state index in [2.05, 4.69) is 24.9 Å². The van der Waals surface area contributed by atoms with Gasteiger partial charge in [0.05, 0.1) is 5.75 Å². The van der Waals surface area contributed by atoms with E-state index >= 15 is 0 Å². The summed E-state index contributed by atoms with van der Waals surface area (Å²) in [5.74, 6) is 2.60. The standard InChI is InChI=1S/C15H27N5O2S/c1-3-4-11-23(21,22)17-8-7-16-14-12-15(19-13(2)18-14)20-9-5-6-10-20/h12,17H,3-11H2,1-2H3,(H,16,18,19). The van der Waals surface area contributed by atoms with Crippen molar-refractivity contribution in [2.45, 2.75) is 39.5 Å². The summed E-state index contributed by atoms with van der Waals surface area (Å²) in [4.78, 5) is 11.1. The van der Waals surface area contributed by atoms with Crippen LogP contribution in [-0.2, 0) is 10.0 Å². The van der Waals surface area contributed by atoms with Gasteiger partial charge in [0.2, 0.25) is 10.0 Å². The second kappa shape index (κ2) is 8.44. The number of hydrogen-bond acceptors (Lipinski definition) is 6. The van der Waals surface area contributed by atoms with Gasteiger partial charge in [-0.2, -0.15) is 0 Å². The quantitative estimate of drug-likeness (QED) is 0.662. The van der Waals surface area contributed by atoms with Crippen molar-refractivity contribution in [1.29, 1.82) is 0 Å². The van der Waals surface area contributed by atoms with Gasteiger partial charge in [-0.25, -0.2) is 23.1 Å². The van der Waals surface area contributed by atoms with Gasteiger partial charge in [-0.3, -0.25) is 0 Å². The number of unbranched alkanes of at least 4 members (excludes halogenated alkanes) is 1. The molecule has 0 radical (unpaired) electrons. The van der Waals surface area contributed by atoms with Gasteiger partial charge in [0.1, 0.15) is 17.5 Å². The molecule has 7 nitrogen and oxygen atoms in total. The normalized spacial score (nSPS) is 15.1. The molecule has 1 aromatic rings. The number of anilines is 2. The minimum absolute atomic E-state index is 0.190. The Bertz CT molecular complexity index is 600. The van der Waals surface area contributed by atoms with Crippen molar-refractivity contribution in [1.82, 2.24) is 14.7 Å². The Morgan fingerprint density at radius 2 is 1.96 bits per heavy atom. The van der Waals surface area contributed by atoms with Crippen LogP contribution in [0.3, 0.4) is 0 Å². The third-order valence-electron chi connectivity index (χ3n) is 3.77. The van der Waals surface area contributed by atoms with Crippen molar-refractivity contribution in [3.8, 4) is 0 Å². The Kier molecular flexibility index (Phi) is 6.59. The third kappa shape index (κ3) is 5.95. The van der Waals surface area contributed by atoms with Crippen molar-refractivity contribution < 1.29 is 8.42 Å². The smallest absolute Gasteiger partial charge is 0.211 e. The molecule has 2 N–H and O–H groups in total. The SMILES string of the molecule is CCCCS(=O)(=O)NCCNc1cc(N2CCCC2)nc(C)n1. The first-order chi connectivity index (χ1) is 11.0. The van der Waals surface area contributed by atoms with E-state index in [0.717, 1.165) is 37.0 Å². The number of nitrogens with zero attached hydrogens (tertiary/aromatic N) is 3. The largest absolute Gasteiger partial charge is 0.369 e. The Hall–Kier alpha value is -1.41. The number of rotatable bonds is 9. The zero-order valence-electron chi connectivity index (χ0n) is 14.0. The highest BCUT2D eigenvalue weighted by Gasteiger charge is 2.15. The number of nitrogens with one attached hydrogen (secondary N) is 2. The summed E-state index contributed by atoms with van der Waals surface area (Å²) < 4.78 is 26.0. The lowest BCUT2D eigenvalue weighted by Crippen LogP contribution is -2.31. The minimum Gasteiger partial charge on any atom is -0.369 e. The number of aryl methyl sites for hydroxylation is 1. The fraction of sp³-hybridized carbons (Fsp3) is 0.733. The van der Waals surface area contributed by atoms with Crippen LogP contribution >= 0.6 is 0 Å². The van der Waals surface area contributed by atoms with Crippen LogP contribution in [0.4, 0.5) is 11.6 Å². The number of aromatic nitrogens is 2. The van der Waals surface area contributed by atoms with Gasteiger partial charge in [-0.1, -0.05) is 13.3 Å². The molecule has 1 fully saturated rings. The molecule has 0 atom stereocenters. The lowest BCUT2D eigenvalue weighted by atomic mass is 10.4. The third-order valence-corrected chi connectivity index (χ3v) is 5.24. The first-order valence-corrected chi connectivity index (χ1v) is 9.97. The van der Waals surface area contributed by atoms with E-state index in [1.165, 1.54) is 12.8 Å². The maximum Gasteiger partial charge on any atom is 0.211 e. The first-order valence-electron chi connectivity index (χ1n) is 8.32. The van der Waals surface area contributed by atoms with Gasteiger partial charge in [0.25, 0.3) is 0 Å². The molecule has 2 heterocycles. The predicted molar refractivity (Wildman–Crippen MR) is 93.4 cm³/mol. The molecule has 8 heteroatoms. The molecule has 0 unspecified atom stereocenters. The Balaban J connectivity index is 1.83. The molecule has 0 aromatic carbocycles. The molecule has 1 saturated heterocycles. The summed E-state index contributed by atoms with van der Waals surface area (Å²) in [6.07, 6.45) is 3.96. The zero-order chi connectivity index (χ0) is 16.7. The first kappa shape index (κ1) is 17.9.